The summed E-state index contributed by atoms with van der Waals surface area (Å²) in [5.41, 5.74) is 10.1. The first-order valence-electron chi connectivity index (χ1n) is 9.26. The average Bonchev–Trinajstić information content (AvgIpc) is 3.24. The molecule has 0 aliphatic rings. The first-order valence-corrected chi connectivity index (χ1v) is 9.26. The number of aromatic nitrogens is 5. The average molecular weight is 381 g/mol. The standard InChI is InChI=1S/C22H19N7/c23-7-6-17-12-26-22(27-13-17)20-5-4-16(11-24)9-19(20)10-18-14-28-29(15-18)21-3-1-2-8-25-21/h1-5,8-9,12-15H,6-7,10,23H2. The third-order valence-electron chi connectivity index (χ3n) is 4.53. The highest BCUT2D eigenvalue weighted by Crippen LogP contribution is 2.24. The van der Waals surface area contributed by atoms with E-state index in [1.165, 1.54) is 0 Å². The van der Waals surface area contributed by atoms with Gasteiger partial charge in [-0.3, -0.25) is 0 Å². The molecule has 7 heteroatoms. The Morgan fingerprint density at radius 3 is 2.59 bits per heavy atom. The van der Waals surface area contributed by atoms with Crippen molar-refractivity contribution in [2.24, 2.45) is 5.73 Å². The van der Waals surface area contributed by atoms with Crippen LogP contribution < -0.4 is 5.73 Å². The Labute approximate surface area is 168 Å². The molecule has 0 fully saturated rings. The summed E-state index contributed by atoms with van der Waals surface area (Å²) in [6.07, 6.45) is 10.4. The maximum absolute atomic E-state index is 9.32. The molecule has 0 bridgehead atoms. The molecule has 3 aromatic heterocycles. The number of rotatable bonds is 6. The molecule has 3 heterocycles. The molecule has 0 aliphatic carbocycles. The second kappa shape index (κ2) is 8.42. The zero-order valence-corrected chi connectivity index (χ0v) is 15.7. The van der Waals surface area contributed by atoms with E-state index in [9.17, 15) is 5.26 Å². The van der Waals surface area contributed by atoms with E-state index in [2.05, 4.69) is 26.1 Å². The molecule has 0 atom stereocenters. The van der Waals surface area contributed by atoms with Gasteiger partial charge < -0.3 is 5.73 Å². The molecule has 4 aromatic rings. The van der Waals surface area contributed by atoms with Crippen LogP contribution in [-0.4, -0.2) is 31.3 Å². The molecular weight excluding hydrogens is 362 g/mol. The Hall–Kier alpha value is -3.89. The van der Waals surface area contributed by atoms with Crippen molar-refractivity contribution in [2.45, 2.75) is 12.8 Å². The van der Waals surface area contributed by atoms with Crippen molar-refractivity contribution in [3.8, 4) is 23.3 Å². The Kier molecular flexibility index (Phi) is 5.36. The Balaban J connectivity index is 1.66. The molecule has 0 saturated carbocycles. The fourth-order valence-corrected chi connectivity index (χ4v) is 3.10. The number of benzene rings is 1. The summed E-state index contributed by atoms with van der Waals surface area (Å²) in [5, 5.41) is 13.7. The minimum Gasteiger partial charge on any atom is -0.330 e. The zero-order chi connectivity index (χ0) is 20.1. The number of nitriles is 1. The lowest BCUT2D eigenvalue weighted by atomic mass is 9.98. The van der Waals surface area contributed by atoms with Gasteiger partial charge in [0.2, 0.25) is 0 Å². The van der Waals surface area contributed by atoms with Crippen LogP contribution in [0.25, 0.3) is 17.2 Å². The lowest BCUT2D eigenvalue weighted by molar-refractivity contribution is 0.846. The molecule has 0 spiro atoms. The molecule has 0 radical (unpaired) electrons. The normalized spacial score (nSPS) is 10.6. The Morgan fingerprint density at radius 2 is 1.86 bits per heavy atom. The van der Waals surface area contributed by atoms with E-state index in [-0.39, 0.29) is 0 Å². The zero-order valence-electron chi connectivity index (χ0n) is 15.7. The molecule has 0 amide bonds. The molecule has 7 nitrogen and oxygen atoms in total. The van der Waals surface area contributed by atoms with Crippen LogP contribution in [0.3, 0.4) is 0 Å². The van der Waals surface area contributed by atoms with Crippen LogP contribution in [-0.2, 0) is 12.8 Å². The molecule has 142 valence electrons. The van der Waals surface area contributed by atoms with E-state index < -0.39 is 0 Å². The van der Waals surface area contributed by atoms with Gasteiger partial charge in [-0.25, -0.2) is 19.6 Å². The fraction of sp³-hybridized carbons (Fsp3) is 0.136. The third kappa shape index (κ3) is 4.18. The molecule has 0 aliphatic heterocycles. The highest BCUT2D eigenvalue weighted by Gasteiger charge is 2.12. The number of nitrogens with two attached hydrogens (primary N) is 1. The summed E-state index contributed by atoms with van der Waals surface area (Å²) >= 11 is 0. The highest BCUT2D eigenvalue weighted by atomic mass is 15.3. The van der Waals surface area contributed by atoms with Gasteiger partial charge in [0.15, 0.2) is 11.6 Å². The van der Waals surface area contributed by atoms with E-state index >= 15 is 0 Å². The van der Waals surface area contributed by atoms with Crippen LogP contribution in [0.4, 0.5) is 0 Å². The minimum absolute atomic E-state index is 0.561. The summed E-state index contributed by atoms with van der Waals surface area (Å²) in [4.78, 5) is 13.3. The van der Waals surface area contributed by atoms with Gasteiger partial charge >= 0.3 is 0 Å². The lowest BCUT2D eigenvalue weighted by Gasteiger charge is -2.09. The van der Waals surface area contributed by atoms with Gasteiger partial charge in [-0.2, -0.15) is 10.4 Å². The van der Waals surface area contributed by atoms with Crippen LogP contribution in [0, 0.1) is 11.3 Å². The van der Waals surface area contributed by atoms with Crippen LogP contribution in [0.2, 0.25) is 0 Å². The topological polar surface area (TPSA) is 106 Å². The van der Waals surface area contributed by atoms with Gasteiger partial charge in [-0.1, -0.05) is 6.07 Å². The van der Waals surface area contributed by atoms with E-state index in [1.807, 2.05) is 42.7 Å². The van der Waals surface area contributed by atoms with Crippen LogP contribution in [0.15, 0.2) is 67.4 Å². The Bertz CT molecular complexity index is 1140. The summed E-state index contributed by atoms with van der Waals surface area (Å²) < 4.78 is 1.74. The maximum Gasteiger partial charge on any atom is 0.159 e. The highest BCUT2D eigenvalue weighted by molar-refractivity contribution is 5.62. The van der Waals surface area contributed by atoms with Gasteiger partial charge in [0.25, 0.3) is 0 Å². The van der Waals surface area contributed by atoms with Crippen molar-refractivity contribution >= 4 is 0 Å². The van der Waals surface area contributed by atoms with Crippen molar-refractivity contribution in [1.82, 2.24) is 24.7 Å². The van der Waals surface area contributed by atoms with Crippen LogP contribution in [0.1, 0.15) is 22.3 Å². The molecule has 4 rings (SSSR count). The van der Waals surface area contributed by atoms with Gasteiger partial charge in [0.1, 0.15) is 0 Å². The predicted octanol–water partition coefficient (Wildman–Crippen LogP) is 2.69. The number of nitrogens with zero attached hydrogens (tertiary/aromatic N) is 6. The summed E-state index contributed by atoms with van der Waals surface area (Å²) in [6.45, 7) is 0.561. The van der Waals surface area contributed by atoms with Crippen molar-refractivity contribution in [3.05, 3.63) is 89.6 Å². The van der Waals surface area contributed by atoms with Gasteiger partial charge in [-0.05, 0) is 60.0 Å². The molecule has 2 N–H and O–H groups in total. The van der Waals surface area contributed by atoms with Crippen molar-refractivity contribution in [1.29, 1.82) is 5.26 Å². The van der Waals surface area contributed by atoms with E-state index in [0.717, 1.165) is 34.5 Å². The molecule has 29 heavy (non-hydrogen) atoms. The molecule has 1 aromatic carbocycles. The molecular formula is C22H19N7. The van der Waals surface area contributed by atoms with Crippen molar-refractivity contribution in [3.63, 3.8) is 0 Å². The minimum atomic E-state index is 0.561. The van der Waals surface area contributed by atoms with Crippen molar-refractivity contribution < 1.29 is 0 Å². The Morgan fingerprint density at radius 1 is 1.00 bits per heavy atom. The van der Waals surface area contributed by atoms with E-state index in [4.69, 9.17) is 5.73 Å². The van der Waals surface area contributed by atoms with Crippen LogP contribution in [0.5, 0.6) is 0 Å². The quantitative estimate of drug-likeness (QED) is 0.550. The second-order valence-corrected chi connectivity index (χ2v) is 6.60. The molecule has 0 unspecified atom stereocenters. The second-order valence-electron chi connectivity index (χ2n) is 6.60. The van der Waals surface area contributed by atoms with E-state index in [1.54, 1.807) is 29.3 Å². The number of pyridine rings is 1. The fourth-order valence-electron chi connectivity index (χ4n) is 3.10. The van der Waals surface area contributed by atoms with Gasteiger partial charge in [-0.15, -0.1) is 0 Å². The lowest BCUT2D eigenvalue weighted by Crippen LogP contribution is -2.04. The van der Waals surface area contributed by atoms with Gasteiger partial charge in [0, 0.05) is 36.8 Å². The largest absolute Gasteiger partial charge is 0.330 e. The first kappa shape index (κ1) is 18.5. The maximum atomic E-state index is 9.32. The molecule has 0 saturated heterocycles. The summed E-state index contributed by atoms with van der Waals surface area (Å²) in [6, 6.07) is 13.5. The third-order valence-corrected chi connectivity index (χ3v) is 4.53. The summed E-state index contributed by atoms with van der Waals surface area (Å²) in [7, 11) is 0. The van der Waals surface area contributed by atoms with Gasteiger partial charge in [0.05, 0.1) is 17.8 Å². The SMILES string of the molecule is N#Cc1ccc(-c2ncc(CCN)cn2)c(Cc2cnn(-c3ccccn3)c2)c1. The first-order chi connectivity index (χ1) is 14.3. The smallest absolute Gasteiger partial charge is 0.159 e. The summed E-state index contributed by atoms with van der Waals surface area (Å²) in [5.74, 6) is 1.38. The monoisotopic (exact) mass is 381 g/mol. The predicted molar refractivity (Wildman–Crippen MR) is 109 cm³/mol. The number of hydrogen-bond donors (Lipinski definition) is 1. The van der Waals surface area contributed by atoms with Crippen molar-refractivity contribution in [2.75, 3.05) is 6.54 Å². The number of hydrogen-bond acceptors (Lipinski definition) is 6. The van der Waals surface area contributed by atoms with Crippen LogP contribution >= 0.6 is 0 Å². The van der Waals surface area contributed by atoms with E-state index in [0.29, 0.717) is 24.4 Å².